The predicted molar refractivity (Wildman–Crippen MR) is 103 cm³/mol. The Labute approximate surface area is 160 Å². The summed E-state index contributed by atoms with van der Waals surface area (Å²) in [5.41, 5.74) is -0.362. The summed E-state index contributed by atoms with van der Waals surface area (Å²) in [5.74, 6) is -0.419. The van der Waals surface area contributed by atoms with E-state index in [1.807, 2.05) is 20.8 Å². The summed E-state index contributed by atoms with van der Waals surface area (Å²) in [6.07, 6.45) is 1.01. The summed E-state index contributed by atoms with van der Waals surface area (Å²) in [4.78, 5) is 39.7. The van der Waals surface area contributed by atoms with E-state index in [1.165, 1.54) is 11.3 Å². The van der Waals surface area contributed by atoms with E-state index in [4.69, 9.17) is 9.84 Å². The van der Waals surface area contributed by atoms with Gasteiger partial charge in [0.25, 0.3) is 5.56 Å². The molecule has 1 amide bonds. The lowest BCUT2D eigenvalue weighted by molar-refractivity contribution is -0.121. The van der Waals surface area contributed by atoms with Gasteiger partial charge in [-0.1, -0.05) is 0 Å². The Morgan fingerprint density at radius 2 is 2.07 bits per heavy atom. The molecule has 0 bridgehead atoms. The second-order valence-corrected chi connectivity index (χ2v) is 8.34. The van der Waals surface area contributed by atoms with Crippen molar-refractivity contribution < 1.29 is 14.6 Å². The molecule has 9 heteroatoms. The van der Waals surface area contributed by atoms with Crippen LogP contribution in [-0.2, 0) is 35.6 Å². The van der Waals surface area contributed by atoms with Crippen molar-refractivity contribution in [2.75, 3.05) is 13.2 Å². The Morgan fingerprint density at radius 1 is 1.33 bits per heavy atom. The first-order valence-electron chi connectivity index (χ1n) is 9.08. The van der Waals surface area contributed by atoms with Crippen LogP contribution >= 0.6 is 11.3 Å². The number of aliphatic hydroxyl groups is 1. The second-order valence-electron chi connectivity index (χ2n) is 7.25. The number of rotatable bonds is 6. The first kappa shape index (κ1) is 19.8. The molecule has 0 saturated carbocycles. The lowest BCUT2D eigenvalue weighted by Crippen LogP contribution is -2.44. The predicted octanol–water partition coefficient (Wildman–Crippen LogP) is 0.595. The van der Waals surface area contributed by atoms with E-state index in [9.17, 15) is 14.4 Å². The third-order valence-corrected chi connectivity index (χ3v) is 5.94. The molecule has 0 saturated heterocycles. The SMILES string of the molecule is CCn1c(=O)n(CC(=O)NCCCO)c(=O)c2c3c(sc21)COC(C)(C)C3. The number of aliphatic hydroxyl groups excluding tert-OH is 1. The summed E-state index contributed by atoms with van der Waals surface area (Å²) >= 11 is 1.42. The number of nitrogens with zero attached hydrogens (tertiary/aromatic N) is 2. The van der Waals surface area contributed by atoms with Gasteiger partial charge in [0.05, 0.1) is 17.6 Å². The molecule has 3 rings (SSSR count). The van der Waals surface area contributed by atoms with E-state index >= 15 is 0 Å². The summed E-state index contributed by atoms with van der Waals surface area (Å²) in [6.45, 7) is 6.55. The Bertz CT molecular complexity index is 986. The number of amides is 1. The van der Waals surface area contributed by atoms with Crippen molar-refractivity contribution in [1.29, 1.82) is 0 Å². The van der Waals surface area contributed by atoms with Gasteiger partial charge in [-0.25, -0.2) is 4.79 Å². The number of fused-ring (bicyclic) bond motifs is 3. The van der Waals surface area contributed by atoms with Gasteiger partial charge >= 0.3 is 5.69 Å². The van der Waals surface area contributed by atoms with E-state index < -0.39 is 17.2 Å². The third-order valence-electron chi connectivity index (χ3n) is 4.71. The number of hydrogen-bond acceptors (Lipinski definition) is 6. The molecular weight excluding hydrogens is 370 g/mol. The van der Waals surface area contributed by atoms with Crippen LogP contribution in [0.4, 0.5) is 0 Å². The van der Waals surface area contributed by atoms with E-state index in [1.54, 1.807) is 4.57 Å². The topological polar surface area (TPSA) is 103 Å². The summed E-state index contributed by atoms with van der Waals surface area (Å²) in [7, 11) is 0. The molecule has 3 heterocycles. The fraction of sp³-hybridized carbons (Fsp3) is 0.611. The molecule has 2 aromatic rings. The van der Waals surface area contributed by atoms with Gasteiger partial charge in [0.2, 0.25) is 5.91 Å². The molecule has 0 spiro atoms. The minimum atomic E-state index is -0.480. The lowest BCUT2D eigenvalue weighted by atomic mass is 9.94. The molecule has 0 fully saturated rings. The lowest BCUT2D eigenvalue weighted by Gasteiger charge is -2.29. The van der Waals surface area contributed by atoms with Crippen molar-refractivity contribution in [3.63, 3.8) is 0 Å². The molecule has 0 unspecified atom stereocenters. The molecule has 2 aromatic heterocycles. The van der Waals surface area contributed by atoms with Crippen LogP contribution in [0, 0.1) is 0 Å². The van der Waals surface area contributed by atoms with Gasteiger partial charge in [-0.3, -0.25) is 18.7 Å². The van der Waals surface area contributed by atoms with Crippen LogP contribution < -0.4 is 16.6 Å². The second kappa shape index (κ2) is 7.57. The largest absolute Gasteiger partial charge is 0.396 e. The van der Waals surface area contributed by atoms with Gasteiger partial charge in [0.1, 0.15) is 11.4 Å². The molecule has 148 valence electrons. The van der Waals surface area contributed by atoms with Crippen LogP contribution in [0.5, 0.6) is 0 Å². The van der Waals surface area contributed by atoms with Crippen molar-refractivity contribution in [2.45, 2.75) is 58.9 Å². The van der Waals surface area contributed by atoms with Crippen molar-refractivity contribution in [2.24, 2.45) is 0 Å². The number of hydrogen-bond donors (Lipinski definition) is 2. The van der Waals surface area contributed by atoms with E-state index in [0.29, 0.717) is 42.8 Å². The number of ether oxygens (including phenoxy) is 1. The Kier molecular flexibility index (Phi) is 5.55. The van der Waals surface area contributed by atoms with Crippen LogP contribution in [0.3, 0.4) is 0 Å². The van der Waals surface area contributed by atoms with Gasteiger partial charge in [-0.15, -0.1) is 11.3 Å². The fourth-order valence-corrected chi connectivity index (χ4v) is 4.61. The molecule has 0 atom stereocenters. The van der Waals surface area contributed by atoms with Crippen molar-refractivity contribution in [1.82, 2.24) is 14.5 Å². The standard InChI is InChI=1S/C18H25N3O5S/c1-4-20-16-14(11-8-18(2,3)26-10-12(11)27-16)15(24)21(17(20)25)9-13(23)19-6-5-7-22/h22H,4-10H2,1-3H3,(H,19,23). The van der Waals surface area contributed by atoms with Gasteiger partial charge < -0.3 is 15.2 Å². The Hall–Kier alpha value is -1.97. The minimum absolute atomic E-state index is 0.0340. The third kappa shape index (κ3) is 3.71. The van der Waals surface area contributed by atoms with Gasteiger partial charge in [0, 0.05) is 31.0 Å². The van der Waals surface area contributed by atoms with E-state index in [0.717, 1.165) is 15.0 Å². The van der Waals surface area contributed by atoms with E-state index in [-0.39, 0.29) is 18.8 Å². The first-order valence-corrected chi connectivity index (χ1v) is 9.90. The highest BCUT2D eigenvalue weighted by molar-refractivity contribution is 7.18. The Balaban J connectivity index is 2.11. The normalized spacial score (nSPS) is 15.7. The molecule has 1 aliphatic heterocycles. The van der Waals surface area contributed by atoms with Crippen molar-refractivity contribution in [3.05, 3.63) is 31.3 Å². The highest BCUT2D eigenvalue weighted by Gasteiger charge is 2.31. The number of aryl methyl sites for hydroxylation is 1. The number of thiophene rings is 1. The Morgan fingerprint density at radius 3 is 2.74 bits per heavy atom. The fourth-order valence-electron chi connectivity index (χ4n) is 3.33. The van der Waals surface area contributed by atoms with Crippen LogP contribution in [0.2, 0.25) is 0 Å². The quantitative estimate of drug-likeness (QED) is 0.697. The molecular formula is C18H25N3O5S. The summed E-state index contributed by atoms with van der Waals surface area (Å²) in [5, 5.41) is 11.9. The zero-order valence-electron chi connectivity index (χ0n) is 15.8. The molecule has 2 N–H and O–H groups in total. The van der Waals surface area contributed by atoms with Crippen molar-refractivity contribution >= 4 is 27.5 Å². The maximum Gasteiger partial charge on any atom is 0.332 e. The molecule has 27 heavy (non-hydrogen) atoms. The zero-order chi connectivity index (χ0) is 19.8. The summed E-state index contributed by atoms with van der Waals surface area (Å²) in [6, 6.07) is 0. The monoisotopic (exact) mass is 395 g/mol. The number of carbonyl (C=O) groups is 1. The molecule has 0 radical (unpaired) electrons. The highest BCUT2D eigenvalue weighted by atomic mass is 32.1. The number of carbonyl (C=O) groups excluding carboxylic acids is 1. The summed E-state index contributed by atoms with van der Waals surface area (Å²) < 4.78 is 8.40. The molecule has 0 aromatic carbocycles. The molecule has 0 aliphatic carbocycles. The first-order chi connectivity index (χ1) is 12.8. The number of aromatic nitrogens is 2. The average molecular weight is 395 g/mol. The van der Waals surface area contributed by atoms with Gasteiger partial charge in [-0.2, -0.15) is 0 Å². The zero-order valence-corrected chi connectivity index (χ0v) is 16.6. The molecule has 1 aliphatic rings. The van der Waals surface area contributed by atoms with Crippen LogP contribution in [0.1, 0.15) is 37.6 Å². The number of nitrogens with one attached hydrogen (secondary N) is 1. The maximum atomic E-state index is 13.1. The van der Waals surface area contributed by atoms with E-state index in [2.05, 4.69) is 5.32 Å². The smallest absolute Gasteiger partial charge is 0.332 e. The maximum absolute atomic E-state index is 13.1. The van der Waals surface area contributed by atoms with Crippen molar-refractivity contribution in [3.8, 4) is 0 Å². The van der Waals surface area contributed by atoms with Crippen LogP contribution in [0.25, 0.3) is 10.2 Å². The highest BCUT2D eigenvalue weighted by Crippen LogP contribution is 2.37. The molecule has 8 nitrogen and oxygen atoms in total. The van der Waals surface area contributed by atoms with Gasteiger partial charge in [0.15, 0.2) is 0 Å². The average Bonchev–Trinajstić information content (AvgIpc) is 2.96. The minimum Gasteiger partial charge on any atom is -0.396 e. The van der Waals surface area contributed by atoms with Gasteiger partial charge in [-0.05, 0) is 32.8 Å². The van der Waals surface area contributed by atoms with Crippen LogP contribution in [0.15, 0.2) is 9.59 Å². The van der Waals surface area contributed by atoms with Crippen LogP contribution in [-0.4, -0.2) is 38.9 Å².